The quantitative estimate of drug-likeness (QED) is 0.800. The number of carbonyl (C=O) groups excluding carboxylic acids is 1. The third-order valence-corrected chi connectivity index (χ3v) is 5.11. The monoisotopic (exact) mass is 287 g/mol. The Morgan fingerprint density at radius 1 is 1.24 bits per heavy atom. The van der Waals surface area contributed by atoms with Gasteiger partial charge in [-0.25, -0.2) is 0 Å². The van der Waals surface area contributed by atoms with Crippen LogP contribution in [0.4, 0.5) is 0 Å². The van der Waals surface area contributed by atoms with Crippen LogP contribution in [0.5, 0.6) is 0 Å². The van der Waals surface area contributed by atoms with Crippen LogP contribution in [0.25, 0.3) is 0 Å². The number of nitrogens with zero attached hydrogens (tertiary/aromatic N) is 1. The number of hydrogen-bond donors (Lipinski definition) is 0. The second kappa shape index (κ2) is 5.80. The Morgan fingerprint density at radius 2 is 1.95 bits per heavy atom. The van der Waals surface area contributed by atoms with Crippen LogP contribution in [0.3, 0.4) is 0 Å². The zero-order chi connectivity index (χ0) is 15.0. The third kappa shape index (κ3) is 2.71. The van der Waals surface area contributed by atoms with E-state index in [-0.39, 0.29) is 23.9 Å². The summed E-state index contributed by atoms with van der Waals surface area (Å²) in [6.45, 7) is 3.86. The number of piperidine rings is 1. The van der Waals surface area contributed by atoms with Gasteiger partial charge in [0.05, 0.1) is 12.0 Å². The van der Waals surface area contributed by atoms with Gasteiger partial charge in [0, 0.05) is 18.0 Å². The van der Waals surface area contributed by atoms with Crippen molar-refractivity contribution in [3.8, 4) is 0 Å². The molecule has 114 valence electrons. The van der Waals surface area contributed by atoms with Crippen molar-refractivity contribution < 1.29 is 9.53 Å². The molecule has 0 unspecified atom stereocenters. The van der Waals surface area contributed by atoms with Gasteiger partial charge < -0.3 is 4.74 Å². The highest BCUT2D eigenvalue weighted by atomic mass is 16.5. The molecule has 2 aliphatic heterocycles. The number of likely N-dealkylation sites (N-methyl/N-ethyl adjacent to an activating group) is 1. The summed E-state index contributed by atoms with van der Waals surface area (Å²) in [6.07, 6.45) is 3.28. The van der Waals surface area contributed by atoms with Crippen molar-refractivity contribution in [3.63, 3.8) is 0 Å². The molecular weight excluding hydrogens is 262 g/mol. The first-order valence-corrected chi connectivity index (χ1v) is 8.05. The molecule has 1 aromatic carbocycles. The van der Waals surface area contributed by atoms with E-state index in [0.717, 1.165) is 6.42 Å². The molecule has 2 heterocycles. The van der Waals surface area contributed by atoms with Crippen molar-refractivity contribution >= 4 is 5.97 Å². The van der Waals surface area contributed by atoms with E-state index in [1.54, 1.807) is 0 Å². The molecule has 3 heteroatoms. The largest absolute Gasteiger partial charge is 0.463 e. The van der Waals surface area contributed by atoms with Gasteiger partial charge in [0.15, 0.2) is 0 Å². The summed E-state index contributed by atoms with van der Waals surface area (Å²) in [5.74, 6) is 0.258. The second-order valence-electron chi connectivity index (χ2n) is 6.73. The molecule has 4 atom stereocenters. The van der Waals surface area contributed by atoms with Crippen molar-refractivity contribution in [2.45, 2.75) is 57.2 Å². The predicted octanol–water partition coefficient (Wildman–Crippen LogP) is 3.20. The molecule has 0 amide bonds. The van der Waals surface area contributed by atoms with Crippen molar-refractivity contribution in [1.29, 1.82) is 0 Å². The lowest BCUT2D eigenvalue weighted by molar-refractivity contribution is -0.156. The highest BCUT2D eigenvalue weighted by Gasteiger charge is 2.49. The first kappa shape index (κ1) is 14.6. The Bertz CT molecular complexity index is 499. The van der Waals surface area contributed by atoms with Gasteiger partial charge in [-0.3, -0.25) is 9.69 Å². The van der Waals surface area contributed by atoms with Gasteiger partial charge in [0.2, 0.25) is 0 Å². The van der Waals surface area contributed by atoms with Crippen LogP contribution in [-0.2, 0) is 9.53 Å². The minimum Gasteiger partial charge on any atom is -0.463 e. The van der Waals surface area contributed by atoms with E-state index < -0.39 is 0 Å². The Balaban J connectivity index is 1.91. The summed E-state index contributed by atoms with van der Waals surface area (Å²) in [7, 11) is 2.21. The number of carbonyl (C=O) groups is 1. The zero-order valence-electron chi connectivity index (χ0n) is 13.2. The van der Waals surface area contributed by atoms with Gasteiger partial charge in [-0.2, -0.15) is 0 Å². The van der Waals surface area contributed by atoms with E-state index in [0.29, 0.717) is 12.1 Å². The molecule has 0 saturated carbocycles. The van der Waals surface area contributed by atoms with E-state index in [1.807, 2.05) is 19.9 Å². The zero-order valence-corrected chi connectivity index (χ0v) is 13.2. The highest BCUT2D eigenvalue weighted by Crippen LogP contribution is 2.47. The van der Waals surface area contributed by atoms with Crippen molar-refractivity contribution in [2.75, 3.05) is 7.05 Å². The standard InChI is InChI=1S/C18H25NO2/c1-12(2)21-18(20)15-11-14-9-10-16(19(14)3)17(15)13-7-5-4-6-8-13/h4-8,12,14-17H,9-11H2,1-3H3/t14-,15+,16-,17+/m1/s1. The normalized spacial score (nSPS) is 32.4. The maximum Gasteiger partial charge on any atom is 0.309 e. The maximum atomic E-state index is 12.6. The van der Waals surface area contributed by atoms with E-state index in [1.165, 1.54) is 18.4 Å². The van der Waals surface area contributed by atoms with Crippen molar-refractivity contribution in [1.82, 2.24) is 4.90 Å². The summed E-state index contributed by atoms with van der Waals surface area (Å²) < 4.78 is 5.54. The van der Waals surface area contributed by atoms with Crippen LogP contribution in [-0.4, -0.2) is 36.1 Å². The minimum atomic E-state index is -0.0359. The first-order valence-electron chi connectivity index (χ1n) is 8.05. The lowest BCUT2D eigenvalue weighted by atomic mass is 9.76. The fourth-order valence-electron chi connectivity index (χ4n) is 4.16. The number of rotatable bonds is 3. The Morgan fingerprint density at radius 3 is 2.62 bits per heavy atom. The van der Waals surface area contributed by atoms with E-state index >= 15 is 0 Å². The lowest BCUT2D eigenvalue weighted by Gasteiger charge is -2.42. The van der Waals surface area contributed by atoms with Crippen LogP contribution >= 0.6 is 0 Å². The van der Waals surface area contributed by atoms with Crippen LogP contribution in [0.2, 0.25) is 0 Å². The smallest absolute Gasteiger partial charge is 0.309 e. The first-order chi connectivity index (χ1) is 10.1. The molecule has 2 saturated heterocycles. The summed E-state index contributed by atoms with van der Waals surface area (Å²) >= 11 is 0. The molecule has 0 spiro atoms. The van der Waals surface area contributed by atoms with Gasteiger partial charge in [-0.15, -0.1) is 0 Å². The van der Waals surface area contributed by atoms with Gasteiger partial charge in [0.1, 0.15) is 0 Å². The molecular formula is C18H25NO2. The fraction of sp³-hybridized carbons (Fsp3) is 0.611. The van der Waals surface area contributed by atoms with Crippen LogP contribution in [0, 0.1) is 5.92 Å². The fourth-order valence-corrected chi connectivity index (χ4v) is 4.16. The molecule has 0 N–H and O–H groups in total. The van der Waals surface area contributed by atoms with Crippen LogP contribution < -0.4 is 0 Å². The van der Waals surface area contributed by atoms with Crippen molar-refractivity contribution in [2.24, 2.45) is 5.92 Å². The van der Waals surface area contributed by atoms with E-state index in [4.69, 9.17) is 4.74 Å². The molecule has 3 rings (SSSR count). The molecule has 0 aromatic heterocycles. The Kier molecular flexibility index (Phi) is 4.03. The molecule has 0 radical (unpaired) electrons. The third-order valence-electron chi connectivity index (χ3n) is 5.11. The molecule has 2 aliphatic rings. The highest BCUT2D eigenvalue weighted by molar-refractivity contribution is 5.74. The molecule has 21 heavy (non-hydrogen) atoms. The number of ether oxygens (including phenoxy) is 1. The van der Waals surface area contributed by atoms with Crippen LogP contribution in [0.1, 0.15) is 44.6 Å². The van der Waals surface area contributed by atoms with Crippen LogP contribution in [0.15, 0.2) is 30.3 Å². The van der Waals surface area contributed by atoms with Gasteiger partial charge >= 0.3 is 5.97 Å². The molecule has 2 bridgehead atoms. The van der Waals surface area contributed by atoms with Crippen molar-refractivity contribution in [3.05, 3.63) is 35.9 Å². The van der Waals surface area contributed by atoms with E-state index in [2.05, 4.69) is 36.2 Å². The SMILES string of the molecule is CC(C)OC(=O)[C@H]1C[C@H]2CC[C@H]([C@H]1c1ccccc1)N2C. The topological polar surface area (TPSA) is 29.5 Å². The number of hydrogen-bond acceptors (Lipinski definition) is 3. The van der Waals surface area contributed by atoms with E-state index in [9.17, 15) is 4.79 Å². The number of benzene rings is 1. The van der Waals surface area contributed by atoms with Gasteiger partial charge in [0.25, 0.3) is 0 Å². The summed E-state index contributed by atoms with van der Waals surface area (Å²) in [5.41, 5.74) is 1.28. The molecule has 3 nitrogen and oxygen atoms in total. The minimum absolute atomic E-state index is 0.00324. The Labute approximate surface area is 127 Å². The molecule has 0 aliphatic carbocycles. The average molecular weight is 287 g/mol. The lowest BCUT2D eigenvalue weighted by Crippen LogP contribution is -2.48. The summed E-state index contributed by atoms with van der Waals surface area (Å²) in [6, 6.07) is 11.5. The summed E-state index contributed by atoms with van der Waals surface area (Å²) in [4.78, 5) is 15.1. The second-order valence-corrected chi connectivity index (χ2v) is 6.73. The number of esters is 1. The van der Waals surface area contributed by atoms with Gasteiger partial charge in [-0.1, -0.05) is 30.3 Å². The van der Waals surface area contributed by atoms with Gasteiger partial charge in [-0.05, 0) is 45.7 Å². The maximum absolute atomic E-state index is 12.6. The Hall–Kier alpha value is -1.35. The number of fused-ring (bicyclic) bond motifs is 2. The average Bonchev–Trinajstić information content (AvgIpc) is 2.71. The summed E-state index contributed by atoms with van der Waals surface area (Å²) in [5, 5.41) is 0. The molecule has 2 fully saturated rings. The molecule has 1 aromatic rings. The predicted molar refractivity (Wildman–Crippen MR) is 83.1 cm³/mol.